The van der Waals surface area contributed by atoms with Gasteiger partial charge in [0.1, 0.15) is 0 Å². The number of hydrogen-bond acceptors (Lipinski definition) is 3. The molecule has 0 amide bonds. The van der Waals surface area contributed by atoms with Crippen molar-refractivity contribution >= 4 is 16.9 Å². The molecule has 0 fully saturated rings. The molecule has 0 spiro atoms. The van der Waals surface area contributed by atoms with E-state index in [1.165, 1.54) is 0 Å². The summed E-state index contributed by atoms with van der Waals surface area (Å²) in [6, 6.07) is 0. The summed E-state index contributed by atoms with van der Waals surface area (Å²) < 4.78 is 17.1. The first kappa shape index (κ1) is 14.7. The maximum atomic E-state index is 6.05. The van der Waals surface area contributed by atoms with Crippen LogP contribution < -0.4 is 0 Å². The van der Waals surface area contributed by atoms with Crippen LogP contribution in [-0.4, -0.2) is 24.0 Å². The van der Waals surface area contributed by atoms with Gasteiger partial charge in [0.2, 0.25) is 0 Å². The smallest absolute Gasteiger partial charge is 0.385 e. The zero-order valence-electron chi connectivity index (χ0n) is 11.2. The average Bonchev–Trinajstić information content (AvgIpc) is 1.94. The van der Waals surface area contributed by atoms with E-state index in [1.807, 2.05) is 26.9 Å². The Balaban J connectivity index is 4.57. The van der Waals surface area contributed by atoms with E-state index in [2.05, 4.69) is 19.6 Å². The number of rotatable bonds is 5. The molecule has 0 aliphatic heterocycles. The van der Waals surface area contributed by atoms with Crippen LogP contribution in [0.1, 0.15) is 13.8 Å². The molecule has 0 aliphatic rings. The Kier molecular flexibility index (Phi) is 5.09. The lowest BCUT2D eigenvalue weighted by molar-refractivity contribution is 0.124. The fraction of sp³-hybridized carbons (Fsp3) is 0.800. The summed E-state index contributed by atoms with van der Waals surface area (Å²) in [7, 11) is -2.03. The summed E-state index contributed by atoms with van der Waals surface area (Å²) in [6.45, 7) is 14.5. The Morgan fingerprint density at radius 2 is 1.40 bits per heavy atom. The van der Waals surface area contributed by atoms with E-state index in [0.717, 1.165) is 5.57 Å². The molecule has 3 nitrogen and oxygen atoms in total. The number of methoxy groups -OCH3 is 1. The molecule has 0 aromatic heterocycles. The van der Waals surface area contributed by atoms with Crippen LogP contribution in [0.5, 0.6) is 0 Å². The highest BCUT2D eigenvalue weighted by Crippen LogP contribution is 2.20. The van der Waals surface area contributed by atoms with Crippen LogP contribution in [0.4, 0.5) is 0 Å². The van der Waals surface area contributed by atoms with Gasteiger partial charge in [-0.15, -0.1) is 0 Å². The minimum atomic E-state index is -2.11. The molecule has 0 rings (SSSR count). The molecule has 0 atom stereocenters. The molecule has 0 aromatic rings. The number of ether oxygens (including phenoxy) is 1. The summed E-state index contributed by atoms with van der Waals surface area (Å²) in [5, 5.41) is 0. The van der Waals surface area contributed by atoms with Gasteiger partial charge in [-0.2, -0.15) is 0 Å². The molecule has 5 heteroatoms. The van der Waals surface area contributed by atoms with Crippen LogP contribution in [0, 0.1) is 0 Å². The topological polar surface area (TPSA) is 27.7 Å². The molecule has 0 unspecified atom stereocenters. The van der Waals surface area contributed by atoms with E-state index in [4.69, 9.17) is 13.3 Å². The fourth-order valence-corrected chi connectivity index (χ4v) is 8.13. The maximum absolute atomic E-state index is 6.05. The molecule has 0 bridgehead atoms. The van der Waals surface area contributed by atoms with Crippen LogP contribution in [0.3, 0.4) is 0 Å². The highest BCUT2D eigenvalue weighted by molar-refractivity contribution is 6.81. The Bertz CT molecular complexity index is 238. The molecule has 0 heterocycles. The summed E-state index contributed by atoms with van der Waals surface area (Å²) in [5.41, 5.74) is 1.04. The van der Waals surface area contributed by atoms with Crippen molar-refractivity contribution < 1.29 is 13.3 Å². The lowest BCUT2D eigenvalue weighted by atomic mass is 10.4. The molecule has 0 radical (unpaired) electrons. The molecular weight excluding hydrogens is 224 g/mol. The van der Waals surface area contributed by atoms with Crippen molar-refractivity contribution in [2.24, 2.45) is 0 Å². The first-order chi connectivity index (χ1) is 6.57. The molecule has 0 aliphatic carbocycles. The monoisotopic (exact) mass is 248 g/mol. The molecule has 0 N–H and O–H groups in total. The van der Waals surface area contributed by atoms with E-state index in [-0.39, 0.29) is 0 Å². The van der Waals surface area contributed by atoms with E-state index in [1.54, 1.807) is 7.11 Å². The van der Waals surface area contributed by atoms with Gasteiger partial charge in [0.05, 0.1) is 7.11 Å². The van der Waals surface area contributed by atoms with E-state index in [9.17, 15) is 0 Å². The Morgan fingerprint density at radius 1 is 0.933 bits per heavy atom. The first-order valence-corrected chi connectivity index (χ1v) is 11.4. The third-order valence-corrected chi connectivity index (χ3v) is 6.58. The predicted molar refractivity (Wildman–Crippen MR) is 68.4 cm³/mol. The summed E-state index contributed by atoms with van der Waals surface area (Å²) in [6.07, 6.45) is 0. The second kappa shape index (κ2) is 5.18. The van der Waals surface area contributed by atoms with Crippen molar-refractivity contribution in [1.82, 2.24) is 0 Å². The fourth-order valence-electron chi connectivity index (χ4n) is 1.33. The quantitative estimate of drug-likeness (QED) is 0.551. The van der Waals surface area contributed by atoms with Gasteiger partial charge in [-0.1, -0.05) is 0 Å². The zero-order valence-corrected chi connectivity index (χ0v) is 13.2. The third kappa shape index (κ3) is 6.75. The summed E-state index contributed by atoms with van der Waals surface area (Å²) in [4.78, 5) is 0. The minimum Gasteiger partial charge on any atom is -0.495 e. The zero-order chi connectivity index (χ0) is 12.3. The van der Waals surface area contributed by atoms with Crippen LogP contribution in [0.2, 0.25) is 32.7 Å². The van der Waals surface area contributed by atoms with E-state index >= 15 is 0 Å². The number of allylic oxidation sites excluding steroid dienone is 1. The lowest BCUT2D eigenvalue weighted by Crippen LogP contribution is -2.44. The van der Waals surface area contributed by atoms with Crippen molar-refractivity contribution in [3.8, 4) is 0 Å². The van der Waals surface area contributed by atoms with Gasteiger partial charge in [-0.25, -0.2) is 0 Å². The van der Waals surface area contributed by atoms with Crippen LogP contribution in [0.25, 0.3) is 0 Å². The molecule has 90 valence electrons. The standard InChI is InChI=1S/C10H24O3Si2/c1-9(2)10(11-3)12-15(7,8)13-14(4,5)6/h1-8H3. The van der Waals surface area contributed by atoms with Gasteiger partial charge in [-0.3, -0.25) is 0 Å². The Morgan fingerprint density at radius 3 is 1.67 bits per heavy atom. The van der Waals surface area contributed by atoms with E-state index < -0.39 is 16.9 Å². The largest absolute Gasteiger partial charge is 0.495 e. The van der Waals surface area contributed by atoms with Crippen molar-refractivity contribution in [2.75, 3.05) is 7.11 Å². The van der Waals surface area contributed by atoms with Gasteiger partial charge in [0, 0.05) is 5.57 Å². The van der Waals surface area contributed by atoms with Crippen LogP contribution in [-0.2, 0) is 13.3 Å². The predicted octanol–water partition coefficient (Wildman–Crippen LogP) is 3.45. The summed E-state index contributed by atoms with van der Waals surface area (Å²) in [5.74, 6) is 0.602. The summed E-state index contributed by atoms with van der Waals surface area (Å²) >= 11 is 0. The SMILES string of the molecule is COC(O[Si](C)(C)O[Si](C)(C)C)=C(C)C. The van der Waals surface area contributed by atoms with Gasteiger partial charge >= 0.3 is 8.56 Å². The van der Waals surface area contributed by atoms with Crippen molar-refractivity contribution in [3.05, 3.63) is 11.5 Å². The second-order valence-corrected chi connectivity index (χ2v) is 13.3. The maximum Gasteiger partial charge on any atom is 0.385 e. The molecule has 15 heavy (non-hydrogen) atoms. The average molecular weight is 248 g/mol. The highest BCUT2D eigenvalue weighted by Gasteiger charge is 2.34. The molecular formula is C10H24O3Si2. The van der Waals surface area contributed by atoms with Gasteiger partial charge < -0.3 is 13.3 Å². The normalized spacial score (nSPS) is 12.3. The first-order valence-electron chi connectivity index (χ1n) is 5.18. The van der Waals surface area contributed by atoms with Crippen LogP contribution >= 0.6 is 0 Å². The van der Waals surface area contributed by atoms with Gasteiger partial charge in [-0.05, 0) is 46.6 Å². The molecule has 0 aromatic carbocycles. The molecule has 0 saturated carbocycles. The highest BCUT2D eigenvalue weighted by atomic mass is 28.4. The molecule has 0 saturated heterocycles. The Hall–Kier alpha value is -0.266. The van der Waals surface area contributed by atoms with Crippen molar-refractivity contribution in [1.29, 1.82) is 0 Å². The van der Waals surface area contributed by atoms with Crippen molar-refractivity contribution in [3.63, 3.8) is 0 Å². The third-order valence-electron chi connectivity index (χ3n) is 1.48. The van der Waals surface area contributed by atoms with Crippen molar-refractivity contribution in [2.45, 2.75) is 46.6 Å². The van der Waals surface area contributed by atoms with Gasteiger partial charge in [0.25, 0.3) is 5.95 Å². The minimum absolute atomic E-state index is 0.602. The lowest BCUT2D eigenvalue weighted by Gasteiger charge is -2.31. The number of hydrogen-bond donors (Lipinski definition) is 0. The Labute approximate surface area is 95.8 Å². The second-order valence-electron chi connectivity index (χ2n) is 5.21. The van der Waals surface area contributed by atoms with Gasteiger partial charge in [0.15, 0.2) is 8.32 Å². The van der Waals surface area contributed by atoms with E-state index in [0.29, 0.717) is 5.95 Å². The van der Waals surface area contributed by atoms with Crippen LogP contribution in [0.15, 0.2) is 11.5 Å².